The van der Waals surface area contributed by atoms with E-state index in [1.807, 2.05) is 6.92 Å². The number of benzene rings is 1. The van der Waals surface area contributed by atoms with Gasteiger partial charge in [-0.15, -0.1) is 0 Å². The first-order valence-electron chi connectivity index (χ1n) is 6.35. The summed E-state index contributed by atoms with van der Waals surface area (Å²) >= 11 is 0. The van der Waals surface area contributed by atoms with Crippen LogP contribution >= 0.6 is 0 Å². The van der Waals surface area contributed by atoms with E-state index < -0.39 is 17.8 Å². The van der Waals surface area contributed by atoms with Gasteiger partial charge >= 0.3 is 5.97 Å². The maximum absolute atomic E-state index is 12.0. The van der Waals surface area contributed by atoms with Crippen LogP contribution in [0.1, 0.15) is 38.1 Å². The van der Waals surface area contributed by atoms with E-state index in [9.17, 15) is 14.4 Å². The number of hydrogen-bond acceptors (Lipinski definition) is 5. The number of aryl methyl sites for hydroxylation is 1. The fraction of sp³-hybridized carbons (Fsp3) is 0.143. The monoisotopic (exact) mass is 285 g/mol. The summed E-state index contributed by atoms with van der Waals surface area (Å²) in [5.74, 6) is -2.16. The van der Waals surface area contributed by atoms with Gasteiger partial charge in [0, 0.05) is 12.7 Å². The third kappa shape index (κ3) is 2.08. The first-order valence-corrected chi connectivity index (χ1v) is 6.35. The standard InChI is InChI=1S/C14H11N3O4/c1-2-16-8-7-11(15-16)14(20)21-17-12(18)9-5-3-4-6-10(9)13(17)19/h3-8H,2H2,1H3. The molecule has 106 valence electrons. The zero-order valence-corrected chi connectivity index (χ0v) is 11.1. The number of fused-ring (bicyclic) bond motifs is 1. The molecule has 0 bridgehead atoms. The van der Waals surface area contributed by atoms with E-state index >= 15 is 0 Å². The van der Waals surface area contributed by atoms with Gasteiger partial charge in [-0.1, -0.05) is 17.2 Å². The lowest BCUT2D eigenvalue weighted by Crippen LogP contribution is -2.32. The van der Waals surface area contributed by atoms with Crippen molar-refractivity contribution in [1.29, 1.82) is 0 Å². The summed E-state index contributed by atoms with van der Waals surface area (Å²) in [7, 11) is 0. The van der Waals surface area contributed by atoms with Crippen LogP contribution in [0.3, 0.4) is 0 Å². The van der Waals surface area contributed by atoms with Crippen molar-refractivity contribution in [2.75, 3.05) is 0 Å². The Morgan fingerprint density at radius 1 is 1.14 bits per heavy atom. The molecule has 7 nitrogen and oxygen atoms in total. The summed E-state index contributed by atoms with van der Waals surface area (Å²) in [5.41, 5.74) is 0.470. The quantitative estimate of drug-likeness (QED) is 0.793. The zero-order valence-electron chi connectivity index (χ0n) is 11.1. The van der Waals surface area contributed by atoms with Crippen molar-refractivity contribution in [2.24, 2.45) is 0 Å². The van der Waals surface area contributed by atoms with Crippen molar-refractivity contribution in [3.8, 4) is 0 Å². The highest BCUT2D eigenvalue weighted by molar-refractivity contribution is 6.21. The van der Waals surface area contributed by atoms with Gasteiger partial charge in [0.05, 0.1) is 11.1 Å². The lowest BCUT2D eigenvalue weighted by atomic mass is 10.1. The van der Waals surface area contributed by atoms with Crippen LogP contribution in [-0.2, 0) is 11.4 Å². The van der Waals surface area contributed by atoms with Crippen molar-refractivity contribution in [3.63, 3.8) is 0 Å². The Balaban J connectivity index is 1.82. The van der Waals surface area contributed by atoms with Gasteiger partial charge in [0.15, 0.2) is 5.69 Å². The van der Waals surface area contributed by atoms with E-state index in [2.05, 4.69) is 5.10 Å². The molecular weight excluding hydrogens is 274 g/mol. The van der Waals surface area contributed by atoms with Crippen molar-refractivity contribution in [3.05, 3.63) is 53.3 Å². The number of carbonyl (C=O) groups is 3. The van der Waals surface area contributed by atoms with E-state index in [0.29, 0.717) is 11.6 Å². The van der Waals surface area contributed by atoms with Crippen LogP contribution in [0, 0.1) is 0 Å². The lowest BCUT2D eigenvalue weighted by Gasteiger charge is -2.11. The van der Waals surface area contributed by atoms with Gasteiger partial charge < -0.3 is 4.84 Å². The van der Waals surface area contributed by atoms with E-state index in [1.54, 1.807) is 23.0 Å². The van der Waals surface area contributed by atoms with Crippen LogP contribution in [-0.4, -0.2) is 32.6 Å². The van der Waals surface area contributed by atoms with Crippen molar-refractivity contribution >= 4 is 17.8 Å². The molecule has 0 spiro atoms. The Hall–Kier alpha value is -2.96. The maximum atomic E-state index is 12.0. The molecule has 2 aromatic rings. The normalized spacial score (nSPS) is 13.5. The molecule has 0 aliphatic carbocycles. The minimum Gasteiger partial charge on any atom is -0.322 e. The van der Waals surface area contributed by atoms with Crippen LogP contribution in [0.25, 0.3) is 0 Å². The second-order valence-corrected chi connectivity index (χ2v) is 4.39. The predicted octanol–water partition coefficient (Wildman–Crippen LogP) is 1.27. The Bertz CT molecular complexity index is 715. The Labute approximate surface area is 119 Å². The van der Waals surface area contributed by atoms with Gasteiger partial charge in [-0.25, -0.2) is 4.79 Å². The molecule has 0 radical (unpaired) electrons. The number of hydroxylamine groups is 2. The molecule has 0 saturated heterocycles. The van der Waals surface area contributed by atoms with Crippen LogP contribution in [0.5, 0.6) is 0 Å². The summed E-state index contributed by atoms with van der Waals surface area (Å²) < 4.78 is 1.54. The maximum Gasteiger partial charge on any atom is 0.384 e. The average Bonchev–Trinajstić information content (AvgIpc) is 3.07. The van der Waals surface area contributed by atoms with E-state index in [4.69, 9.17) is 4.84 Å². The molecule has 2 amide bonds. The summed E-state index contributed by atoms with van der Waals surface area (Å²) in [4.78, 5) is 40.9. The largest absolute Gasteiger partial charge is 0.384 e. The highest BCUT2D eigenvalue weighted by Gasteiger charge is 2.39. The summed E-state index contributed by atoms with van der Waals surface area (Å²) in [6.07, 6.45) is 1.61. The molecule has 7 heteroatoms. The third-order valence-electron chi connectivity index (χ3n) is 3.10. The van der Waals surface area contributed by atoms with Gasteiger partial charge in [0.25, 0.3) is 11.8 Å². The number of hydrogen-bond donors (Lipinski definition) is 0. The Kier molecular flexibility index (Phi) is 3.02. The molecule has 0 unspecified atom stereocenters. The molecule has 2 heterocycles. The number of aromatic nitrogens is 2. The molecule has 3 rings (SSSR count). The second-order valence-electron chi connectivity index (χ2n) is 4.39. The topological polar surface area (TPSA) is 81.5 Å². The molecule has 0 atom stereocenters. The van der Waals surface area contributed by atoms with Crippen LogP contribution in [0.2, 0.25) is 0 Å². The van der Waals surface area contributed by atoms with E-state index in [0.717, 1.165) is 0 Å². The summed E-state index contributed by atoms with van der Waals surface area (Å²) in [6, 6.07) is 7.75. The number of imide groups is 1. The number of carbonyl (C=O) groups excluding carboxylic acids is 3. The van der Waals surface area contributed by atoms with Crippen LogP contribution < -0.4 is 0 Å². The fourth-order valence-electron chi connectivity index (χ4n) is 2.03. The SMILES string of the molecule is CCn1ccc(C(=O)ON2C(=O)c3ccccc3C2=O)n1. The molecule has 1 aliphatic heterocycles. The lowest BCUT2D eigenvalue weighted by molar-refractivity contribution is -0.0588. The van der Waals surface area contributed by atoms with Gasteiger partial charge in [-0.3, -0.25) is 14.3 Å². The van der Waals surface area contributed by atoms with Crippen molar-refractivity contribution < 1.29 is 19.2 Å². The summed E-state index contributed by atoms with van der Waals surface area (Å²) in [6.45, 7) is 2.46. The van der Waals surface area contributed by atoms with Crippen molar-refractivity contribution in [2.45, 2.75) is 13.5 Å². The fourth-order valence-corrected chi connectivity index (χ4v) is 2.03. The molecule has 1 aliphatic rings. The number of rotatable bonds is 3. The predicted molar refractivity (Wildman–Crippen MR) is 70.3 cm³/mol. The van der Waals surface area contributed by atoms with E-state index in [1.165, 1.54) is 18.2 Å². The minimum atomic E-state index is -0.850. The van der Waals surface area contributed by atoms with Gasteiger partial charge in [0.1, 0.15) is 0 Å². The van der Waals surface area contributed by atoms with Crippen LogP contribution in [0.4, 0.5) is 0 Å². The van der Waals surface area contributed by atoms with Crippen molar-refractivity contribution in [1.82, 2.24) is 14.8 Å². The number of nitrogens with zero attached hydrogens (tertiary/aromatic N) is 3. The number of amides is 2. The smallest absolute Gasteiger partial charge is 0.322 e. The van der Waals surface area contributed by atoms with Crippen LogP contribution in [0.15, 0.2) is 36.5 Å². The van der Waals surface area contributed by atoms with Gasteiger partial charge in [-0.05, 0) is 25.1 Å². The Morgan fingerprint density at radius 3 is 2.29 bits per heavy atom. The Morgan fingerprint density at radius 2 is 1.76 bits per heavy atom. The molecule has 0 saturated carbocycles. The first-order chi connectivity index (χ1) is 10.1. The molecule has 21 heavy (non-hydrogen) atoms. The average molecular weight is 285 g/mol. The highest BCUT2D eigenvalue weighted by atomic mass is 16.7. The molecular formula is C14H11N3O4. The third-order valence-corrected chi connectivity index (χ3v) is 3.10. The molecule has 1 aromatic carbocycles. The highest BCUT2D eigenvalue weighted by Crippen LogP contribution is 2.23. The van der Waals surface area contributed by atoms with Gasteiger partial charge in [-0.2, -0.15) is 5.10 Å². The molecule has 0 fully saturated rings. The molecule has 0 N–H and O–H groups in total. The zero-order chi connectivity index (χ0) is 15.0. The first kappa shape index (κ1) is 13.0. The second kappa shape index (κ2) is 4.86. The van der Waals surface area contributed by atoms with Gasteiger partial charge in [0.2, 0.25) is 0 Å². The minimum absolute atomic E-state index is 0.0356. The van der Waals surface area contributed by atoms with E-state index in [-0.39, 0.29) is 16.8 Å². The molecule has 1 aromatic heterocycles. The summed E-state index contributed by atoms with van der Waals surface area (Å²) in [5, 5.41) is 4.43.